The largest absolute Gasteiger partial charge is 0.490 e. The van der Waals surface area contributed by atoms with Crippen LogP contribution < -0.4 is 15.2 Å². The van der Waals surface area contributed by atoms with Crippen molar-refractivity contribution in [3.63, 3.8) is 0 Å². The summed E-state index contributed by atoms with van der Waals surface area (Å²) in [5, 5.41) is 0. The lowest BCUT2D eigenvalue weighted by Gasteiger charge is -2.17. The lowest BCUT2D eigenvalue weighted by atomic mass is 10.1. The molecule has 0 aliphatic rings. The first-order valence-corrected chi connectivity index (χ1v) is 6.69. The van der Waals surface area contributed by atoms with Crippen LogP contribution >= 0.6 is 15.9 Å². The third-order valence-corrected chi connectivity index (χ3v) is 2.74. The van der Waals surface area contributed by atoms with Crippen molar-refractivity contribution in [2.75, 3.05) is 13.2 Å². The van der Waals surface area contributed by atoms with Gasteiger partial charge in [-0.1, -0.05) is 0 Å². The number of rotatable bonds is 6. The van der Waals surface area contributed by atoms with Crippen LogP contribution in [0.1, 0.15) is 26.3 Å². The van der Waals surface area contributed by atoms with Crippen molar-refractivity contribution in [1.82, 2.24) is 0 Å². The summed E-state index contributed by atoms with van der Waals surface area (Å²) in [5.41, 5.74) is 6.72. The second-order valence-corrected chi connectivity index (χ2v) is 4.90. The van der Waals surface area contributed by atoms with Crippen LogP contribution in [0, 0.1) is 0 Å². The highest BCUT2D eigenvalue weighted by Gasteiger charge is 2.13. The second-order valence-electron chi connectivity index (χ2n) is 4.04. The molecule has 17 heavy (non-hydrogen) atoms. The molecule has 1 rings (SSSR count). The maximum absolute atomic E-state index is 5.76. The molecule has 3 nitrogen and oxygen atoms in total. The van der Waals surface area contributed by atoms with E-state index in [2.05, 4.69) is 15.9 Å². The van der Waals surface area contributed by atoms with Crippen LogP contribution in [0.15, 0.2) is 16.6 Å². The molecule has 4 heteroatoms. The zero-order valence-corrected chi connectivity index (χ0v) is 12.2. The van der Waals surface area contributed by atoms with Gasteiger partial charge in [0.25, 0.3) is 0 Å². The Balaban J connectivity index is 3.08. The van der Waals surface area contributed by atoms with E-state index in [0.717, 1.165) is 28.0 Å². The maximum atomic E-state index is 5.76. The number of hydrogen-bond acceptors (Lipinski definition) is 3. The van der Waals surface area contributed by atoms with E-state index in [4.69, 9.17) is 15.2 Å². The molecule has 0 radical (unpaired) electrons. The van der Waals surface area contributed by atoms with E-state index in [9.17, 15) is 0 Å². The molecular weight excluding hydrogens is 282 g/mol. The van der Waals surface area contributed by atoms with E-state index in [-0.39, 0.29) is 6.10 Å². The summed E-state index contributed by atoms with van der Waals surface area (Å²) >= 11 is 3.52. The summed E-state index contributed by atoms with van der Waals surface area (Å²) in [4.78, 5) is 0. The van der Waals surface area contributed by atoms with Gasteiger partial charge in [0.2, 0.25) is 0 Å². The Morgan fingerprint density at radius 2 is 2.06 bits per heavy atom. The molecule has 0 aliphatic heterocycles. The Morgan fingerprint density at radius 3 is 2.59 bits per heavy atom. The Bertz CT molecular complexity index is 367. The highest BCUT2D eigenvalue weighted by Crippen LogP contribution is 2.37. The molecule has 0 atom stereocenters. The molecule has 0 spiro atoms. The van der Waals surface area contributed by atoms with Crippen LogP contribution in [0.5, 0.6) is 11.5 Å². The zero-order chi connectivity index (χ0) is 12.8. The van der Waals surface area contributed by atoms with E-state index >= 15 is 0 Å². The minimum atomic E-state index is 0.117. The minimum absolute atomic E-state index is 0.117. The van der Waals surface area contributed by atoms with Crippen molar-refractivity contribution in [2.24, 2.45) is 5.73 Å². The third-order valence-electron chi connectivity index (χ3n) is 2.16. The molecule has 0 bridgehead atoms. The van der Waals surface area contributed by atoms with E-state index in [1.807, 2.05) is 32.9 Å². The smallest absolute Gasteiger partial charge is 0.175 e. The van der Waals surface area contributed by atoms with Gasteiger partial charge in [0.1, 0.15) is 0 Å². The summed E-state index contributed by atoms with van der Waals surface area (Å²) in [7, 11) is 0. The summed E-state index contributed by atoms with van der Waals surface area (Å²) in [6.07, 6.45) is 0.951. The predicted molar refractivity (Wildman–Crippen MR) is 73.8 cm³/mol. The van der Waals surface area contributed by atoms with E-state index in [1.54, 1.807) is 0 Å². The Kier molecular flexibility index (Phi) is 5.78. The van der Waals surface area contributed by atoms with Crippen molar-refractivity contribution >= 4 is 15.9 Å². The van der Waals surface area contributed by atoms with Gasteiger partial charge >= 0.3 is 0 Å². The van der Waals surface area contributed by atoms with Crippen molar-refractivity contribution in [1.29, 1.82) is 0 Å². The van der Waals surface area contributed by atoms with Gasteiger partial charge in [-0.25, -0.2) is 0 Å². The number of benzene rings is 1. The van der Waals surface area contributed by atoms with Crippen molar-refractivity contribution in [2.45, 2.75) is 33.3 Å². The average Bonchev–Trinajstić information content (AvgIpc) is 2.23. The predicted octanol–water partition coefficient (Wildman–Crippen LogP) is 3.14. The van der Waals surface area contributed by atoms with Gasteiger partial charge < -0.3 is 15.2 Å². The van der Waals surface area contributed by atoms with Gasteiger partial charge in [-0.2, -0.15) is 0 Å². The fraction of sp³-hybridized carbons (Fsp3) is 0.538. The van der Waals surface area contributed by atoms with E-state index in [0.29, 0.717) is 13.2 Å². The highest BCUT2D eigenvalue weighted by molar-refractivity contribution is 9.10. The van der Waals surface area contributed by atoms with Gasteiger partial charge in [-0.05, 0) is 67.4 Å². The molecule has 96 valence electrons. The Labute approximate surface area is 111 Å². The fourth-order valence-corrected chi connectivity index (χ4v) is 2.13. The first-order chi connectivity index (χ1) is 8.08. The third kappa shape index (κ3) is 4.21. The Morgan fingerprint density at radius 1 is 1.35 bits per heavy atom. The fourth-order valence-electron chi connectivity index (χ4n) is 1.55. The van der Waals surface area contributed by atoms with Crippen LogP contribution in [-0.4, -0.2) is 19.3 Å². The molecule has 2 N–H and O–H groups in total. The molecule has 0 saturated heterocycles. The van der Waals surface area contributed by atoms with Gasteiger partial charge in [0.15, 0.2) is 11.5 Å². The maximum Gasteiger partial charge on any atom is 0.175 e. The highest BCUT2D eigenvalue weighted by atomic mass is 79.9. The van der Waals surface area contributed by atoms with E-state index in [1.165, 1.54) is 0 Å². The number of hydrogen-bond donors (Lipinski definition) is 1. The van der Waals surface area contributed by atoms with Crippen molar-refractivity contribution < 1.29 is 9.47 Å². The molecule has 0 heterocycles. The molecule has 0 saturated carbocycles. The molecule has 0 aliphatic carbocycles. The molecule has 0 unspecified atom stereocenters. The SMILES string of the molecule is CCOc1cc(CCN)cc(Br)c1OC(C)C. The normalized spacial score (nSPS) is 10.7. The Hall–Kier alpha value is -0.740. The summed E-state index contributed by atoms with van der Waals surface area (Å²) in [5.74, 6) is 1.54. The zero-order valence-electron chi connectivity index (χ0n) is 10.6. The molecular formula is C13H20BrNO2. The topological polar surface area (TPSA) is 44.5 Å². The summed E-state index contributed by atoms with van der Waals surface area (Å²) in [6.45, 7) is 7.20. The summed E-state index contributed by atoms with van der Waals surface area (Å²) < 4.78 is 12.3. The molecule has 0 aromatic heterocycles. The van der Waals surface area contributed by atoms with Crippen LogP contribution in [0.2, 0.25) is 0 Å². The first kappa shape index (κ1) is 14.3. The van der Waals surface area contributed by atoms with Crippen LogP contribution in [0.3, 0.4) is 0 Å². The summed E-state index contributed by atoms with van der Waals surface area (Å²) in [6, 6.07) is 4.03. The molecule has 1 aromatic rings. The number of halogens is 1. The van der Waals surface area contributed by atoms with Gasteiger partial charge in [0.05, 0.1) is 17.2 Å². The monoisotopic (exact) mass is 301 g/mol. The lowest BCUT2D eigenvalue weighted by Crippen LogP contribution is -2.09. The van der Waals surface area contributed by atoms with E-state index < -0.39 is 0 Å². The van der Waals surface area contributed by atoms with Gasteiger partial charge in [-0.15, -0.1) is 0 Å². The second kappa shape index (κ2) is 6.87. The van der Waals surface area contributed by atoms with Crippen molar-refractivity contribution in [3.05, 3.63) is 22.2 Å². The molecule has 0 fully saturated rings. The van der Waals surface area contributed by atoms with Crippen LogP contribution in [-0.2, 0) is 6.42 Å². The van der Waals surface area contributed by atoms with Crippen molar-refractivity contribution in [3.8, 4) is 11.5 Å². The quantitative estimate of drug-likeness (QED) is 0.878. The minimum Gasteiger partial charge on any atom is -0.490 e. The first-order valence-electron chi connectivity index (χ1n) is 5.90. The van der Waals surface area contributed by atoms with Gasteiger partial charge in [-0.3, -0.25) is 0 Å². The van der Waals surface area contributed by atoms with Crippen LogP contribution in [0.25, 0.3) is 0 Å². The standard InChI is InChI=1S/C13H20BrNO2/c1-4-16-12-8-10(5-6-15)7-11(14)13(12)17-9(2)3/h7-9H,4-6,15H2,1-3H3. The average molecular weight is 302 g/mol. The lowest BCUT2D eigenvalue weighted by molar-refractivity contribution is 0.222. The number of nitrogens with two attached hydrogens (primary N) is 1. The number of ether oxygens (including phenoxy) is 2. The molecule has 1 aromatic carbocycles. The molecule has 0 amide bonds. The van der Waals surface area contributed by atoms with Gasteiger partial charge in [0, 0.05) is 0 Å². The van der Waals surface area contributed by atoms with Crippen LogP contribution in [0.4, 0.5) is 0 Å².